The van der Waals surface area contributed by atoms with Crippen molar-refractivity contribution in [2.75, 3.05) is 13.2 Å². The first-order chi connectivity index (χ1) is 13.5. The number of nitrogens with one attached hydrogen (secondary N) is 1. The van der Waals surface area contributed by atoms with Gasteiger partial charge in [-0.05, 0) is 6.42 Å². The van der Waals surface area contributed by atoms with E-state index in [0.717, 1.165) is 12.8 Å². The third-order valence-corrected chi connectivity index (χ3v) is 4.62. The van der Waals surface area contributed by atoms with Gasteiger partial charge in [-0.15, -0.1) is 0 Å². The van der Waals surface area contributed by atoms with Crippen molar-refractivity contribution in [2.45, 2.75) is 103 Å². The molecule has 0 rings (SSSR count). The van der Waals surface area contributed by atoms with Crippen LogP contribution in [-0.4, -0.2) is 47.3 Å². The number of aliphatic carboxylic acids is 1. The number of esters is 1. The number of ether oxygens (including phenoxy) is 1. The number of aliphatic hydroxyl groups is 1. The van der Waals surface area contributed by atoms with Crippen LogP contribution < -0.4 is 5.32 Å². The van der Waals surface area contributed by atoms with Crippen LogP contribution in [0.1, 0.15) is 96.8 Å². The molecule has 0 aliphatic heterocycles. The van der Waals surface area contributed by atoms with Crippen molar-refractivity contribution < 1.29 is 29.3 Å². The smallest absolute Gasteiger partial charge is 0.326 e. The van der Waals surface area contributed by atoms with Crippen molar-refractivity contribution in [1.29, 1.82) is 0 Å². The third-order valence-electron chi connectivity index (χ3n) is 4.62. The highest BCUT2D eigenvalue weighted by molar-refractivity contribution is 5.87. The predicted molar refractivity (Wildman–Crippen MR) is 108 cm³/mol. The van der Waals surface area contributed by atoms with Crippen LogP contribution in [0.2, 0.25) is 0 Å². The summed E-state index contributed by atoms with van der Waals surface area (Å²) in [5.41, 5.74) is 0. The second kappa shape index (κ2) is 18.7. The summed E-state index contributed by atoms with van der Waals surface area (Å²) < 4.78 is 4.63. The van der Waals surface area contributed by atoms with Gasteiger partial charge in [0.1, 0.15) is 12.6 Å². The fourth-order valence-electron chi connectivity index (χ4n) is 2.98. The Bertz CT molecular complexity index is 427. The minimum Gasteiger partial charge on any atom is -0.480 e. The van der Waals surface area contributed by atoms with E-state index < -0.39 is 24.4 Å². The van der Waals surface area contributed by atoms with E-state index in [9.17, 15) is 14.4 Å². The van der Waals surface area contributed by atoms with E-state index in [0.29, 0.717) is 6.42 Å². The molecule has 28 heavy (non-hydrogen) atoms. The average Bonchev–Trinajstić information content (AvgIpc) is 2.66. The number of carboxylic acids is 1. The maximum Gasteiger partial charge on any atom is 0.326 e. The molecule has 7 heteroatoms. The lowest BCUT2D eigenvalue weighted by molar-refractivity contribution is -0.151. The largest absolute Gasteiger partial charge is 0.480 e. The highest BCUT2D eigenvalue weighted by atomic mass is 16.5. The number of unbranched alkanes of at least 4 members (excludes halogenated alkanes) is 11. The molecule has 0 aliphatic carbocycles. The van der Waals surface area contributed by atoms with Gasteiger partial charge in [0.05, 0.1) is 13.0 Å². The first-order valence-corrected chi connectivity index (χ1v) is 10.8. The number of carbonyl (C=O) groups is 3. The topological polar surface area (TPSA) is 113 Å². The lowest BCUT2D eigenvalue weighted by atomic mass is 10.0. The van der Waals surface area contributed by atoms with Crippen LogP contribution in [0.3, 0.4) is 0 Å². The minimum atomic E-state index is -1.30. The molecule has 3 N–H and O–H groups in total. The van der Waals surface area contributed by atoms with Crippen molar-refractivity contribution >= 4 is 17.8 Å². The highest BCUT2D eigenvalue weighted by Gasteiger charge is 2.23. The Morgan fingerprint density at radius 1 is 0.857 bits per heavy atom. The predicted octanol–water partition coefficient (Wildman–Crippen LogP) is 3.57. The molecule has 164 valence electrons. The zero-order chi connectivity index (χ0) is 21.0. The monoisotopic (exact) mass is 401 g/mol. The number of amides is 1. The zero-order valence-electron chi connectivity index (χ0n) is 17.4. The number of rotatable bonds is 19. The number of hydrogen-bond acceptors (Lipinski definition) is 5. The van der Waals surface area contributed by atoms with Gasteiger partial charge in [0.25, 0.3) is 0 Å². The zero-order valence-corrected chi connectivity index (χ0v) is 17.4. The lowest BCUT2D eigenvalue weighted by Crippen LogP contribution is -2.42. The molecule has 1 atom stereocenters. The van der Waals surface area contributed by atoms with E-state index in [1.807, 2.05) is 0 Å². The Kier molecular flexibility index (Phi) is 17.6. The van der Waals surface area contributed by atoms with Gasteiger partial charge in [0, 0.05) is 6.42 Å². The molecule has 0 bridgehead atoms. The molecule has 0 saturated heterocycles. The van der Waals surface area contributed by atoms with Gasteiger partial charge < -0.3 is 20.3 Å². The van der Waals surface area contributed by atoms with E-state index >= 15 is 0 Å². The Labute approximate surface area is 169 Å². The van der Waals surface area contributed by atoms with Crippen molar-refractivity contribution in [3.05, 3.63) is 0 Å². The first-order valence-electron chi connectivity index (χ1n) is 10.8. The van der Waals surface area contributed by atoms with E-state index in [4.69, 9.17) is 10.2 Å². The average molecular weight is 402 g/mol. The summed E-state index contributed by atoms with van der Waals surface area (Å²) in [6.07, 6.45) is 14.2. The number of aliphatic hydroxyl groups excluding tert-OH is 1. The molecule has 0 heterocycles. The summed E-state index contributed by atoms with van der Waals surface area (Å²) in [4.78, 5) is 34.4. The quantitative estimate of drug-likeness (QED) is 0.225. The van der Waals surface area contributed by atoms with Gasteiger partial charge in [-0.2, -0.15) is 0 Å². The molecule has 7 nitrogen and oxygen atoms in total. The van der Waals surface area contributed by atoms with E-state index in [1.165, 1.54) is 57.8 Å². The maximum absolute atomic E-state index is 11.9. The van der Waals surface area contributed by atoms with Crippen LogP contribution in [-0.2, 0) is 19.1 Å². The molecule has 0 aromatic heterocycles. The molecule has 0 aliphatic rings. The molecular formula is C21H39NO6. The van der Waals surface area contributed by atoms with E-state index in [2.05, 4.69) is 17.0 Å². The van der Waals surface area contributed by atoms with Crippen LogP contribution >= 0.6 is 0 Å². The fraction of sp³-hybridized carbons (Fsp3) is 0.857. The number of carbonyl (C=O) groups excluding carboxylic acids is 2. The van der Waals surface area contributed by atoms with Gasteiger partial charge in [-0.3, -0.25) is 9.59 Å². The lowest BCUT2D eigenvalue weighted by Gasteiger charge is -2.13. The second-order valence-electron chi connectivity index (χ2n) is 7.25. The van der Waals surface area contributed by atoms with Gasteiger partial charge in [0.15, 0.2) is 0 Å². The van der Waals surface area contributed by atoms with E-state index in [-0.39, 0.29) is 25.5 Å². The number of hydrogen-bond donors (Lipinski definition) is 3. The molecule has 0 fully saturated rings. The van der Waals surface area contributed by atoms with Crippen molar-refractivity contribution in [3.63, 3.8) is 0 Å². The number of carboxylic acid groups (broad SMARTS) is 1. The molecular weight excluding hydrogens is 362 g/mol. The molecule has 0 saturated carbocycles. The minimum absolute atomic E-state index is 0.183. The first kappa shape index (κ1) is 26.4. The summed E-state index contributed by atoms with van der Waals surface area (Å²) in [6, 6.07) is -1.30. The molecule has 0 aromatic rings. The van der Waals surface area contributed by atoms with Crippen molar-refractivity contribution in [1.82, 2.24) is 5.32 Å². The summed E-state index contributed by atoms with van der Waals surface area (Å²) in [5, 5.41) is 20.0. The Morgan fingerprint density at radius 3 is 1.82 bits per heavy atom. The molecule has 0 spiro atoms. The third kappa shape index (κ3) is 16.5. The van der Waals surface area contributed by atoms with Gasteiger partial charge in [-0.25, -0.2) is 4.79 Å². The maximum atomic E-state index is 11.9. The van der Waals surface area contributed by atoms with Gasteiger partial charge >= 0.3 is 11.9 Å². The van der Waals surface area contributed by atoms with Crippen LogP contribution in [0, 0.1) is 0 Å². The van der Waals surface area contributed by atoms with Crippen LogP contribution in [0.25, 0.3) is 0 Å². The summed E-state index contributed by atoms with van der Waals surface area (Å²) in [5.74, 6) is -2.40. The fourth-order valence-corrected chi connectivity index (χ4v) is 2.98. The summed E-state index contributed by atoms with van der Waals surface area (Å²) >= 11 is 0. The highest BCUT2D eigenvalue weighted by Crippen LogP contribution is 2.12. The Balaban J connectivity index is 3.68. The normalized spacial score (nSPS) is 11.8. The SMILES string of the molecule is CCCCCCCCCCCCCCC(=O)N[C@@H](CC(=O)OCCO)C(=O)O. The van der Waals surface area contributed by atoms with Crippen LogP contribution in [0.15, 0.2) is 0 Å². The molecule has 0 unspecified atom stereocenters. The molecule has 0 aromatic carbocycles. The van der Waals surface area contributed by atoms with Crippen molar-refractivity contribution in [2.24, 2.45) is 0 Å². The van der Waals surface area contributed by atoms with Crippen molar-refractivity contribution in [3.8, 4) is 0 Å². The van der Waals surface area contributed by atoms with Crippen LogP contribution in [0.4, 0.5) is 0 Å². The molecule has 1 amide bonds. The van der Waals surface area contributed by atoms with Gasteiger partial charge in [0.2, 0.25) is 5.91 Å². The molecule has 0 radical (unpaired) electrons. The Morgan fingerprint density at radius 2 is 1.36 bits per heavy atom. The second-order valence-corrected chi connectivity index (χ2v) is 7.25. The van der Waals surface area contributed by atoms with E-state index in [1.54, 1.807) is 0 Å². The van der Waals surface area contributed by atoms with Gasteiger partial charge in [-0.1, -0.05) is 77.6 Å². The summed E-state index contributed by atoms with van der Waals surface area (Å²) in [6.45, 7) is 1.72. The standard InChI is InChI=1S/C21H39NO6/c1-2-3-4-5-6-7-8-9-10-11-12-13-14-19(24)22-18(21(26)27)17-20(25)28-16-15-23/h18,23H,2-17H2,1H3,(H,22,24)(H,26,27)/t18-/m0/s1. The van der Waals surface area contributed by atoms with Crippen LogP contribution in [0.5, 0.6) is 0 Å². The summed E-state index contributed by atoms with van der Waals surface area (Å²) in [7, 11) is 0. The Hall–Kier alpha value is -1.63.